The van der Waals surface area contributed by atoms with E-state index in [1.807, 2.05) is 0 Å². The Hall–Kier alpha value is -1.14. The second kappa shape index (κ2) is 3.95. The van der Waals surface area contributed by atoms with Gasteiger partial charge in [-0.2, -0.15) is 0 Å². The lowest BCUT2D eigenvalue weighted by Gasteiger charge is -2.63. The van der Waals surface area contributed by atoms with Gasteiger partial charge >= 0.3 is 0 Å². The van der Waals surface area contributed by atoms with Crippen LogP contribution in [-0.2, 0) is 16.3 Å². The van der Waals surface area contributed by atoms with Gasteiger partial charge in [-0.05, 0) is 29.2 Å². The summed E-state index contributed by atoms with van der Waals surface area (Å²) in [5, 5.41) is -0.344. The van der Waals surface area contributed by atoms with Gasteiger partial charge in [0.1, 0.15) is 0 Å². The molecule has 1 amide bonds. The summed E-state index contributed by atoms with van der Waals surface area (Å²) < 4.78 is 0. The number of carbonyl (C=O) groups is 1. The van der Waals surface area contributed by atoms with Crippen molar-refractivity contribution >= 4 is 27.2 Å². The molecule has 0 radical (unpaired) electrons. The van der Waals surface area contributed by atoms with Crippen molar-refractivity contribution in [1.82, 2.24) is 0 Å². The molecule has 1 aliphatic heterocycles. The summed E-state index contributed by atoms with van der Waals surface area (Å²) >= 11 is 0. The van der Waals surface area contributed by atoms with Gasteiger partial charge in [-0.15, -0.1) is 0 Å². The van der Waals surface area contributed by atoms with Crippen molar-refractivity contribution in [2.24, 2.45) is 5.73 Å². The van der Waals surface area contributed by atoms with E-state index >= 15 is 0 Å². The molecule has 1 aromatic carbocycles. The average Bonchev–Trinajstić information content (AvgIpc) is 2.83. The molecule has 0 bridgehead atoms. The van der Waals surface area contributed by atoms with Gasteiger partial charge in [0, 0.05) is 7.59 Å². The molecule has 1 aromatic rings. The molecule has 1 saturated heterocycles. The minimum Gasteiger partial charge on any atom is -0.369 e. The van der Waals surface area contributed by atoms with Crippen LogP contribution in [0.2, 0.25) is 32.2 Å². The molecule has 2 aliphatic rings. The molecule has 3 rings (SSSR count). The quantitative estimate of drug-likeness (QED) is 0.838. The van der Waals surface area contributed by atoms with E-state index in [0.29, 0.717) is 0 Å². The molecule has 1 aliphatic carbocycles. The number of benzene rings is 1. The number of nitrogens with two attached hydrogens (primary N) is 1. The van der Waals surface area contributed by atoms with Gasteiger partial charge in [0.05, 0.1) is 12.6 Å². The van der Waals surface area contributed by atoms with Crippen molar-refractivity contribution in [3.05, 3.63) is 41.0 Å². The molecule has 1 unspecified atom stereocenters. The Morgan fingerprint density at radius 2 is 1.95 bits per heavy atom. The van der Waals surface area contributed by atoms with Crippen molar-refractivity contribution in [2.45, 2.75) is 43.7 Å². The third-order valence-corrected chi connectivity index (χ3v) is 26.1. The van der Waals surface area contributed by atoms with Crippen LogP contribution in [0.1, 0.15) is 16.7 Å². The summed E-state index contributed by atoms with van der Waals surface area (Å²) in [6, 6.07) is 7.45. The average molecular weight is 302 g/mol. The lowest BCUT2D eigenvalue weighted by Crippen LogP contribution is -2.82. The maximum atomic E-state index is 12.5. The van der Waals surface area contributed by atoms with Gasteiger partial charge in [-0.1, -0.05) is 56.5 Å². The molecule has 2 nitrogen and oxygen atoms in total. The van der Waals surface area contributed by atoms with Crippen LogP contribution in [0, 0.1) is 0 Å². The van der Waals surface area contributed by atoms with Crippen LogP contribution < -0.4 is 5.73 Å². The zero-order valence-electron chi connectivity index (χ0n) is 12.8. The van der Waals surface area contributed by atoms with Crippen molar-refractivity contribution in [3.63, 3.8) is 0 Å². The predicted molar refractivity (Wildman–Crippen MR) is 89.8 cm³/mol. The maximum absolute atomic E-state index is 12.5. The van der Waals surface area contributed by atoms with E-state index in [-0.39, 0.29) is 10.9 Å². The SMILES string of the molecule is C[Si]1(C)CC(C(N)=O)(c2cccc3c2C=CC3)[Si]1(C)C. The minimum atomic E-state index is -1.67. The molecule has 0 saturated carbocycles. The van der Waals surface area contributed by atoms with Gasteiger partial charge in [-0.3, -0.25) is 4.79 Å². The lowest BCUT2D eigenvalue weighted by molar-refractivity contribution is -0.120. The van der Waals surface area contributed by atoms with E-state index in [4.69, 9.17) is 5.73 Å². The molecule has 106 valence electrons. The molecule has 0 aromatic heterocycles. The van der Waals surface area contributed by atoms with Crippen molar-refractivity contribution in [3.8, 4) is 0 Å². The van der Waals surface area contributed by atoms with Crippen LogP contribution in [-0.4, -0.2) is 21.1 Å². The summed E-state index contributed by atoms with van der Waals surface area (Å²) in [6.45, 7) is 9.62. The first-order chi connectivity index (χ1) is 9.24. The molecule has 1 atom stereocenters. The van der Waals surface area contributed by atoms with E-state index < -0.39 is 15.2 Å². The molecule has 0 spiro atoms. The number of fused-ring (bicyclic) bond motifs is 1. The van der Waals surface area contributed by atoms with Crippen LogP contribution in [0.4, 0.5) is 0 Å². The van der Waals surface area contributed by atoms with Crippen LogP contribution in [0.5, 0.6) is 0 Å². The Kier molecular flexibility index (Phi) is 2.73. The highest BCUT2D eigenvalue weighted by molar-refractivity contribution is 7.47. The summed E-state index contributed by atoms with van der Waals surface area (Å²) in [4.78, 5) is 12.5. The van der Waals surface area contributed by atoms with E-state index in [0.717, 1.165) is 12.5 Å². The summed E-state index contributed by atoms with van der Waals surface area (Å²) in [6.07, 6.45) is 5.37. The Morgan fingerprint density at radius 1 is 1.25 bits per heavy atom. The van der Waals surface area contributed by atoms with Gasteiger partial charge in [0.25, 0.3) is 0 Å². The van der Waals surface area contributed by atoms with E-state index in [1.54, 1.807) is 0 Å². The largest absolute Gasteiger partial charge is 0.369 e. The summed E-state index contributed by atoms with van der Waals surface area (Å²) in [5.41, 5.74) is 9.79. The fourth-order valence-electron chi connectivity index (χ4n) is 4.20. The van der Waals surface area contributed by atoms with Gasteiger partial charge in [0.2, 0.25) is 5.91 Å². The van der Waals surface area contributed by atoms with Crippen molar-refractivity contribution in [2.75, 3.05) is 0 Å². The highest BCUT2D eigenvalue weighted by atomic mass is 29.3. The number of hydrogen-bond acceptors (Lipinski definition) is 1. The molecule has 20 heavy (non-hydrogen) atoms. The molecule has 4 heteroatoms. The highest BCUT2D eigenvalue weighted by Crippen LogP contribution is 2.56. The number of allylic oxidation sites excluding steroid dienone is 1. The Balaban J connectivity index is 2.24. The third-order valence-electron chi connectivity index (χ3n) is 6.17. The second-order valence-corrected chi connectivity index (χ2v) is 23.5. The number of carbonyl (C=O) groups excluding carboxylic acids is 1. The Labute approximate surface area is 122 Å². The number of primary amides is 1. The topological polar surface area (TPSA) is 43.1 Å². The van der Waals surface area contributed by atoms with Crippen LogP contribution >= 0.6 is 0 Å². The lowest BCUT2D eigenvalue weighted by atomic mass is 9.91. The third kappa shape index (κ3) is 1.41. The minimum absolute atomic E-state index is 0.0882. The van der Waals surface area contributed by atoms with E-state index in [1.165, 1.54) is 16.7 Å². The fraction of sp³-hybridized carbons (Fsp3) is 0.438. The predicted octanol–water partition coefficient (Wildman–Crippen LogP) is 3.03. The first-order valence-electron chi connectivity index (χ1n) is 7.33. The van der Waals surface area contributed by atoms with Gasteiger partial charge in [0.15, 0.2) is 0 Å². The number of hydrogen-bond donors (Lipinski definition) is 1. The summed E-state index contributed by atoms with van der Waals surface area (Å²) in [7, 11) is -2.95. The van der Waals surface area contributed by atoms with Gasteiger partial charge < -0.3 is 5.73 Å². The molecule has 1 heterocycles. The normalized spacial score (nSPS) is 28.8. The standard InChI is InChI=1S/C16H23NOSi2/c1-19(2)11-16(15(17)18,20(19,3)4)14-10-6-8-12-7-5-9-13(12)14/h5-6,8-10H,7,11H2,1-4H3,(H2,17,18). The number of amides is 1. The monoisotopic (exact) mass is 301 g/mol. The van der Waals surface area contributed by atoms with Crippen LogP contribution in [0.3, 0.4) is 0 Å². The smallest absolute Gasteiger partial charge is 0.224 e. The fourth-order valence-corrected chi connectivity index (χ4v) is 17.3. The van der Waals surface area contributed by atoms with Crippen molar-refractivity contribution in [1.29, 1.82) is 0 Å². The molecule has 2 N–H and O–H groups in total. The number of rotatable bonds is 2. The zero-order chi connectivity index (χ0) is 14.8. The van der Waals surface area contributed by atoms with Crippen LogP contribution in [0.15, 0.2) is 24.3 Å². The molecular weight excluding hydrogens is 278 g/mol. The summed E-state index contributed by atoms with van der Waals surface area (Å²) in [5.74, 6) is -0.0882. The van der Waals surface area contributed by atoms with E-state index in [2.05, 4.69) is 56.5 Å². The highest BCUT2D eigenvalue weighted by Gasteiger charge is 2.70. The zero-order valence-corrected chi connectivity index (χ0v) is 14.8. The molecule has 1 fully saturated rings. The van der Waals surface area contributed by atoms with Crippen LogP contribution in [0.25, 0.3) is 6.08 Å². The van der Waals surface area contributed by atoms with Gasteiger partial charge in [-0.25, -0.2) is 0 Å². The maximum Gasteiger partial charge on any atom is 0.224 e. The first kappa shape index (κ1) is 13.8. The van der Waals surface area contributed by atoms with Crippen molar-refractivity contribution < 1.29 is 4.79 Å². The van der Waals surface area contributed by atoms with E-state index in [9.17, 15) is 4.79 Å². The first-order valence-corrected chi connectivity index (χ1v) is 14.5. The Morgan fingerprint density at radius 3 is 2.50 bits per heavy atom. The second-order valence-electron chi connectivity index (χ2n) is 7.44. The molecular formula is C16H23NOSi2. The Bertz CT molecular complexity index is 633.